The summed E-state index contributed by atoms with van der Waals surface area (Å²) in [5.74, 6) is 0. The van der Waals surface area contributed by atoms with Gasteiger partial charge in [0, 0.05) is 0 Å². The topological polar surface area (TPSA) is 27.7 Å². The van der Waals surface area contributed by atoms with Crippen LogP contribution in [-0.4, -0.2) is 24.1 Å². The molecule has 0 fully saturated rings. The summed E-state index contributed by atoms with van der Waals surface area (Å²) in [6.07, 6.45) is -17.6. The Kier molecular flexibility index (Phi) is 4.54. The Hall–Kier alpha value is -0.460. The van der Waals surface area contributed by atoms with Gasteiger partial charge in [-0.05, 0) is 11.6 Å². The third-order valence-electron chi connectivity index (χ3n) is 0.810. The van der Waals surface area contributed by atoms with E-state index in [1.165, 1.54) is 0 Å². The molecule has 0 saturated heterocycles. The normalized spacial score (nSPS) is 18.0. The lowest BCUT2D eigenvalue weighted by Crippen LogP contribution is -2.45. The first-order valence-electron chi connectivity index (χ1n) is 3.12. The van der Waals surface area contributed by atoms with Crippen LogP contribution >= 0.6 is 11.6 Å². The SMILES string of the molecule is FC(F)(F)OOC(F)(F)OC(F)(Cl)C(F)(F)F. The summed E-state index contributed by atoms with van der Waals surface area (Å²) in [6, 6.07) is 0. The van der Waals surface area contributed by atoms with E-state index < -0.39 is 24.1 Å². The van der Waals surface area contributed by atoms with Gasteiger partial charge in [-0.3, -0.25) is 0 Å². The Labute approximate surface area is 90.9 Å². The minimum absolute atomic E-state index is 1.99. The zero-order chi connectivity index (χ0) is 14.1. The highest BCUT2D eigenvalue weighted by Crippen LogP contribution is 2.42. The minimum Gasteiger partial charge on any atom is -0.234 e. The molecule has 104 valence electrons. The van der Waals surface area contributed by atoms with Gasteiger partial charge in [0.2, 0.25) is 0 Å². The summed E-state index contributed by atoms with van der Waals surface area (Å²) in [7, 11) is 0. The molecule has 0 aromatic heterocycles. The van der Waals surface area contributed by atoms with Crippen molar-refractivity contribution in [1.82, 2.24) is 0 Å². The molecule has 0 aromatic carbocycles. The Morgan fingerprint density at radius 1 is 0.706 bits per heavy atom. The molecule has 0 rings (SSSR count). The predicted molar refractivity (Wildman–Crippen MR) is 30.0 cm³/mol. The molecular weight excluding hydrogens is 302 g/mol. The largest absolute Gasteiger partial charge is 0.549 e. The van der Waals surface area contributed by atoms with Crippen molar-refractivity contribution in [2.75, 3.05) is 0 Å². The van der Waals surface area contributed by atoms with Crippen LogP contribution in [0.1, 0.15) is 0 Å². The van der Waals surface area contributed by atoms with E-state index in [0.717, 1.165) is 0 Å². The Balaban J connectivity index is 4.55. The van der Waals surface area contributed by atoms with Crippen molar-refractivity contribution in [3.05, 3.63) is 0 Å². The first kappa shape index (κ1) is 16.5. The molecule has 1 unspecified atom stereocenters. The molecule has 1 atom stereocenters. The lowest BCUT2D eigenvalue weighted by atomic mass is 10.6. The highest BCUT2D eigenvalue weighted by atomic mass is 35.5. The maximum atomic E-state index is 12.2. The van der Waals surface area contributed by atoms with Crippen LogP contribution in [-0.2, 0) is 14.5 Å². The summed E-state index contributed by atoms with van der Waals surface area (Å²) in [4.78, 5) is 4.10. The standard InChI is InChI=1S/C4ClF9O3/c5-1(6,2(7,8)9)15-4(13,14)17-16-3(10,11)12. The van der Waals surface area contributed by atoms with Crippen molar-refractivity contribution in [3.63, 3.8) is 0 Å². The number of ether oxygens (including phenoxy) is 1. The number of alkyl halides is 10. The van der Waals surface area contributed by atoms with Crippen molar-refractivity contribution in [2.45, 2.75) is 24.1 Å². The van der Waals surface area contributed by atoms with Gasteiger partial charge in [0.05, 0.1) is 0 Å². The van der Waals surface area contributed by atoms with Gasteiger partial charge in [0.15, 0.2) is 0 Å². The van der Waals surface area contributed by atoms with E-state index in [0.29, 0.717) is 0 Å². The molecule has 13 heteroatoms. The van der Waals surface area contributed by atoms with E-state index in [2.05, 4.69) is 21.2 Å². The van der Waals surface area contributed by atoms with Gasteiger partial charge in [-0.1, -0.05) is 0 Å². The molecule has 0 spiro atoms. The molecule has 0 aliphatic rings. The van der Waals surface area contributed by atoms with E-state index in [-0.39, 0.29) is 0 Å². The van der Waals surface area contributed by atoms with Gasteiger partial charge >= 0.3 is 24.1 Å². The first-order chi connectivity index (χ1) is 7.16. The molecule has 0 aromatic rings. The van der Waals surface area contributed by atoms with Gasteiger partial charge in [-0.2, -0.15) is 17.6 Å². The van der Waals surface area contributed by atoms with Crippen molar-refractivity contribution in [3.8, 4) is 0 Å². The zero-order valence-electron chi connectivity index (χ0n) is 7.00. The van der Waals surface area contributed by atoms with E-state index in [1.54, 1.807) is 0 Å². The zero-order valence-corrected chi connectivity index (χ0v) is 7.76. The van der Waals surface area contributed by atoms with Gasteiger partial charge in [-0.25, -0.2) is 4.74 Å². The fraction of sp³-hybridized carbons (Fsp3) is 1.00. The fourth-order valence-corrected chi connectivity index (χ4v) is 0.410. The second-order valence-electron chi connectivity index (χ2n) is 2.19. The summed E-state index contributed by atoms with van der Waals surface area (Å²) < 4.78 is 107. The summed E-state index contributed by atoms with van der Waals surface area (Å²) in [6.45, 7) is 0. The maximum absolute atomic E-state index is 12.2. The molecule has 0 N–H and O–H groups in total. The monoisotopic (exact) mass is 302 g/mol. The fourth-order valence-electron chi connectivity index (χ4n) is 0.320. The number of halogens is 10. The predicted octanol–water partition coefficient (Wildman–Crippen LogP) is 3.45. The van der Waals surface area contributed by atoms with E-state index in [4.69, 9.17) is 0 Å². The average molecular weight is 302 g/mol. The van der Waals surface area contributed by atoms with Crippen LogP contribution in [0.25, 0.3) is 0 Å². The van der Waals surface area contributed by atoms with Crippen molar-refractivity contribution < 1.29 is 54.0 Å². The van der Waals surface area contributed by atoms with Crippen LogP contribution < -0.4 is 0 Å². The third-order valence-corrected chi connectivity index (χ3v) is 1.10. The summed E-state index contributed by atoms with van der Waals surface area (Å²) in [5.41, 5.74) is 0. The molecule has 0 heterocycles. The number of rotatable bonds is 4. The van der Waals surface area contributed by atoms with Gasteiger partial charge in [-0.15, -0.1) is 31.7 Å². The summed E-state index contributed by atoms with van der Waals surface area (Å²) >= 11 is 3.84. The highest BCUT2D eigenvalue weighted by molar-refractivity contribution is 6.22. The molecule has 0 amide bonds. The Bertz CT molecular complexity index is 258. The molecule has 0 aliphatic heterocycles. The molecule has 17 heavy (non-hydrogen) atoms. The lowest BCUT2D eigenvalue weighted by Gasteiger charge is -2.24. The van der Waals surface area contributed by atoms with Gasteiger partial charge in [0.25, 0.3) is 0 Å². The number of hydrogen-bond donors (Lipinski definition) is 0. The average Bonchev–Trinajstić information content (AvgIpc) is 1.95. The molecule has 3 nitrogen and oxygen atoms in total. The lowest BCUT2D eigenvalue weighted by molar-refractivity contribution is -0.606. The molecule has 0 radical (unpaired) electrons. The number of hydrogen-bond acceptors (Lipinski definition) is 3. The van der Waals surface area contributed by atoms with E-state index in [9.17, 15) is 39.5 Å². The van der Waals surface area contributed by atoms with Crippen LogP contribution in [0, 0.1) is 0 Å². The third kappa shape index (κ3) is 6.14. The van der Waals surface area contributed by atoms with Crippen molar-refractivity contribution >= 4 is 11.6 Å². The first-order valence-corrected chi connectivity index (χ1v) is 3.50. The molecule has 0 bridgehead atoms. The summed E-state index contributed by atoms with van der Waals surface area (Å²) in [5, 5.41) is -5.45. The van der Waals surface area contributed by atoms with E-state index in [1.807, 2.05) is 4.89 Å². The van der Waals surface area contributed by atoms with Crippen molar-refractivity contribution in [2.24, 2.45) is 0 Å². The minimum atomic E-state index is -6.14. The van der Waals surface area contributed by atoms with Crippen LogP contribution in [0.15, 0.2) is 0 Å². The van der Waals surface area contributed by atoms with Crippen LogP contribution in [0.2, 0.25) is 0 Å². The molecular formula is C4ClF9O3. The van der Waals surface area contributed by atoms with Crippen LogP contribution in [0.4, 0.5) is 39.5 Å². The van der Waals surface area contributed by atoms with Crippen LogP contribution in [0.5, 0.6) is 0 Å². The van der Waals surface area contributed by atoms with Crippen LogP contribution in [0.3, 0.4) is 0 Å². The quantitative estimate of drug-likeness (QED) is 0.262. The van der Waals surface area contributed by atoms with E-state index >= 15 is 0 Å². The smallest absolute Gasteiger partial charge is 0.234 e. The maximum Gasteiger partial charge on any atom is 0.549 e. The second-order valence-corrected chi connectivity index (χ2v) is 2.68. The Morgan fingerprint density at radius 2 is 1.12 bits per heavy atom. The Morgan fingerprint density at radius 3 is 1.41 bits per heavy atom. The van der Waals surface area contributed by atoms with Gasteiger partial charge in [0.1, 0.15) is 0 Å². The molecule has 0 saturated carbocycles. The van der Waals surface area contributed by atoms with Crippen molar-refractivity contribution in [1.29, 1.82) is 0 Å². The highest BCUT2D eigenvalue weighted by Gasteiger charge is 2.63. The second kappa shape index (κ2) is 4.66. The van der Waals surface area contributed by atoms with Gasteiger partial charge < -0.3 is 0 Å². The molecule has 0 aliphatic carbocycles.